The van der Waals surface area contributed by atoms with E-state index in [2.05, 4.69) is 5.32 Å². The second-order valence-corrected chi connectivity index (χ2v) is 5.18. The Morgan fingerprint density at radius 3 is 2.43 bits per heavy atom. The summed E-state index contributed by atoms with van der Waals surface area (Å²) in [6.07, 6.45) is 0. The van der Waals surface area contributed by atoms with Crippen molar-refractivity contribution < 1.29 is 9.47 Å². The molecule has 1 N–H and O–H groups in total. The van der Waals surface area contributed by atoms with E-state index in [9.17, 15) is 0 Å². The highest BCUT2D eigenvalue weighted by Gasteiger charge is 2.04. The summed E-state index contributed by atoms with van der Waals surface area (Å²) in [5.74, 6) is 1.57. The van der Waals surface area contributed by atoms with Gasteiger partial charge >= 0.3 is 0 Å². The van der Waals surface area contributed by atoms with Crippen molar-refractivity contribution in [2.24, 2.45) is 0 Å². The van der Waals surface area contributed by atoms with E-state index in [4.69, 9.17) is 21.1 Å². The average molecular weight is 306 g/mol. The van der Waals surface area contributed by atoms with E-state index < -0.39 is 0 Å². The molecule has 21 heavy (non-hydrogen) atoms. The van der Waals surface area contributed by atoms with Crippen LogP contribution in [-0.4, -0.2) is 20.3 Å². The molecular weight excluding hydrogens is 286 g/mol. The molecule has 0 atom stereocenters. The van der Waals surface area contributed by atoms with E-state index in [0.717, 1.165) is 23.4 Å². The molecule has 2 rings (SSSR count). The van der Waals surface area contributed by atoms with Crippen molar-refractivity contribution in [3.05, 3.63) is 58.6 Å². The Kier molecular flexibility index (Phi) is 5.90. The molecule has 0 aromatic heterocycles. The number of benzene rings is 2. The van der Waals surface area contributed by atoms with Gasteiger partial charge in [-0.1, -0.05) is 35.9 Å². The van der Waals surface area contributed by atoms with Gasteiger partial charge in [-0.25, -0.2) is 0 Å². The van der Waals surface area contributed by atoms with Crippen molar-refractivity contribution in [1.82, 2.24) is 5.32 Å². The van der Waals surface area contributed by atoms with Gasteiger partial charge in [0.2, 0.25) is 0 Å². The van der Waals surface area contributed by atoms with Crippen LogP contribution in [-0.2, 0) is 6.54 Å². The lowest BCUT2D eigenvalue weighted by atomic mass is 10.2. The van der Waals surface area contributed by atoms with Crippen LogP contribution in [0.2, 0.25) is 5.02 Å². The van der Waals surface area contributed by atoms with E-state index >= 15 is 0 Å². The Labute approximate surface area is 130 Å². The summed E-state index contributed by atoms with van der Waals surface area (Å²) in [7, 11) is 1.92. The largest absolute Gasteiger partial charge is 0.490 e. The molecule has 2 aromatic rings. The number of para-hydroxylation sites is 1. The standard InChI is InChI=1S/C17H20ClNO2/c1-13-7-8-17(15(18)11-13)21-10-9-20-16-6-4-3-5-14(16)12-19-2/h3-8,11,19H,9-10,12H2,1-2H3. The number of hydrogen-bond acceptors (Lipinski definition) is 3. The Morgan fingerprint density at radius 1 is 1.00 bits per heavy atom. The van der Waals surface area contributed by atoms with Crippen LogP contribution >= 0.6 is 11.6 Å². The molecule has 0 unspecified atom stereocenters. The van der Waals surface area contributed by atoms with Crippen LogP contribution in [0.25, 0.3) is 0 Å². The molecule has 0 aliphatic carbocycles. The summed E-state index contributed by atoms with van der Waals surface area (Å²) >= 11 is 6.12. The fourth-order valence-corrected chi connectivity index (χ4v) is 2.30. The van der Waals surface area contributed by atoms with E-state index in [1.54, 1.807) is 0 Å². The third-order valence-corrected chi connectivity index (χ3v) is 3.32. The highest BCUT2D eigenvalue weighted by atomic mass is 35.5. The van der Waals surface area contributed by atoms with Gasteiger partial charge in [0.15, 0.2) is 0 Å². The van der Waals surface area contributed by atoms with Crippen molar-refractivity contribution in [3.63, 3.8) is 0 Å². The SMILES string of the molecule is CNCc1ccccc1OCCOc1ccc(C)cc1Cl. The van der Waals surface area contributed by atoms with Crippen molar-refractivity contribution in [1.29, 1.82) is 0 Å². The second-order valence-electron chi connectivity index (χ2n) is 4.77. The van der Waals surface area contributed by atoms with Gasteiger partial charge in [0.25, 0.3) is 0 Å². The molecule has 4 heteroatoms. The van der Waals surface area contributed by atoms with Gasteiger partial charge in [-0.05, 0) is 37.7 Å². The minimum absolute atomic E-state index is 0.455. The Bertz CT molecular complexity index is 587. The fraction of sp³-hybridized carbons (Fsp3) is 0.294. The molecule has 0 fully saturated rings. The molecule has 0 saturated carbocycles. The number of rotatable bonds is 7. The smallest absolute Gasteiger partial charge is 0.138 e. The third-order valence-electron chi connectivity index (χ3n) is 3.03. The van der Waals surface area contributed by atoms with Crippen molar-refractivity contribution >= 4 is 11.6 Å². The van der Waals surface area contributed by atoms with Crippen LogP contribution in [0, 0.1) is 6.92 Å². The van der Waals surface area contributed by atoms with Gasteiger partial charge in [0.1, 0.15) is 24.7 Å². The first-order valence-corrected chi connectivity index (χ1v) is 7.33. The highest BCUT2D eigenvalue weighted by Crippen LogP contribution is 2.25. The molecule has 3 nitrogen and oxygen atoms in total. The maximum Gasteiger partial charge on any atom is 0.138 e. The van der Waals surface area contributed by atoms with Crippen LogP contribution in [0.3, 0.4) is 0 Å². The lowest BCUT2D eigenvalue weighted by Gasteiger charge is -2.12. The first kappa shape index (κ1) is 15.7. The molecule has 0 radical (unpaired) electrons. The van der Waals surface area contributed by atoms with Crippen LogP contribution in [0.5, 0.6) is 11.5 Å². The molecule has 0 bridgehead atoms. The summed E-state index contributed by atoms with van der Waals surface area (Å²) in [6, 6.07) is 13.7. The van der Waals surface area contributed by atoms with Crippen molar-refractivity contribution in [3.8, 4) is 11.5 Å². The molecule has 0 aliphatic rings. The normalized spacial score (nSPS) is 10.4. The number of halogens is 1. The first-order valence-electron chi connectivity index (χ1n) is 6.95. The lowest BCUT2D eigenvalue weighted by molar-refractivity contribution is 0.216. The Morgan fingerprint density at radius 2 is 1.71 bits per heavy atom. The van der Waals surface area contributed by atoms with Crippen molar-refractivity contribution in [2.45, 2.75) is 13.5 Å². The molecule has 0 saturated heterocycles. The van der Waals surface area contributed by atoms with Crippen LogP contribution < -0.4 is 14.8 Å². The fourth-order valence-electron chi connectivity index (χ4n) is 2.01. The van der Waals surface area contributed by atoms with Crippen LogP contribution in [0.1, 0.15) is 11.1 Å². The van der Waals surface area contributed by atoms with Gasteiger partial charge in [0, 0.05) is 12.1 Å². The van der Waals surface area contributed by atoms with Crippen LogP contribution in [0.4, 0.5) is 0 Å². The van der Waals surface area contributed by atoms with Gasteiger partial charge < -0.3 is 14.8 Å². The maximum atomic E-state index is 6.12. The summed E-state index contributed by atoms with van der Waals surface area (Å²) in [5, 5.41) is 3.75. The van der Waals surface area contributed by atoms with Gasteiger partial charge in [-0.15, -0.1) is 0 Å². The van der Waals surface area contributed by atoms with Gasteiger partial charge in [-0.2, -0.15) is 0 Å². The monoisotopic (exact) mass is 305 g/mol. The zero-order chi connectivity index (χ0) is 15.1. The van der Waals surface area contributed by atoms with E-state index in [0.29, 0.717) is 24.0 Å². The molecular formula is C17H20ClNO2. The molecule has 112 valence electrons. The van der Waals surface area contributed by atoms with Crippen molar-refractivity contribution in [2.75, 3.05) is 20.3 Å². The number of aryl methyl sites for hydroxylation is 1. The summed E-state index contributed by atoms with van der Waals surface area (Å²) < 4.78 is 11.4. The quantitative estimate of drug-likeness (QED) is 0.789. The molecule has 0 aliphatic heterocycles. The number of hydrogen-bond donors (Lipinski definition) is 1. The molecule has 0 heterocycles. The molecule has 0 spiro atoms. The van der Waals surface area contributed by atoms with Gasteiger partial charge in [0.05, 0.1) is 5.02 Å². The lowest BCUT2D eigenvalue weighted by Crippen LogP contribution is -2.12. The summed E-state index contributed by atoms with van der Waals surface area (Å²) in [6.45, 7) is 3.71. The summed E-state index contributed by atoms with van der Waals surface area (Å²) in [4.78, 5) is 0. The third kappa shape index (κ3) is 4.66. The molecule has 0 amide bonds. The predicted octanol–water partition coefficient (Wildman–Crippen LogP) is 3.83. The predicted molar refractivity (Wildman–Crippen MR) is 86.4 cm³/mol. The average Bonchev–Trinajstić information content (AvgIpc) is 2.47. The first-order chi connectivity index (χ1) is 10.2. The maximum absolute atomic E-state index is 6.12. The Balaban J connectivity index is 1.84. The van der Waals surface area contributed by atoms with E-state index in [-0.39, 0.29) is 0 Å². The topological polar surface area (TPSA) is 30.5 Å². The minimum Gasteiger partial charge on any atom is -0.490 e. The van der Waals surface area contributed by atoms with Gasteiger partial charge in [-0.3, -0.25) is 0 Å². The number of nitrogens with one attached hydrogen (secondary N) is 1. The Hall–Kier alpha value is -1.71. The van der Waals surface area contributed by atoms with E-state index in [1.807, 2.05) is 56.4 Å². The van der Waals surface area contributed by atoms with E-state index in [1.165, 1.54) is 0 Å². The van der Waals surface area contributed by atoms with Crippen LogP contribution in [0.15, 0.2) is 42.5 Å². The number of ether oxygens (including phenoxy) is 2. The second kappa shape index (κ2) is 7.91. The zero-order valence-electron chi connectivity index (χ0n) is 12.4. The minimum atomic E-state index is 0.455. The zero-order valence-corrected chi connectivity index (χ0v) is 13.1. The molecule has 2 aromatic carbocycles. The highest BCUT2D eigenvalue weighted by molar-refractivity contribution is 6.32. The summed E-state index contributed by atoms with van der Waals surface area (Å²) in [5.41, 5.74) is 2.25.